The van der Waals surface area contributed by atoms with E-state index < -0.39 is 21.2 Å². The fourth-order valence-corrected chi connectivity index (χ4v) is 2.08. The molecule has 0 saturated carbocycles. The molecule has 0 spiro atoms. The van der Waals surface area contributed by atoms with Crippen LogP contribution in [0.1, 0.15) is 26.7 Å². The zero-order valence-electron chi connectivity index (χ0n) is 9.49. The Labute approximate surface area is 96.1 Å². The molecule has 0 saturated heterocycles. The van der Waals surface area contributed by atoms with E-state index in [0.717, 1.165) is 6.42 Å². The first-order valence-electron chi connectivity index (χ1n) is 5.12. The van der Waals surface area contributed by atoms with Gasteiger partial charge in [-0.25, -0.2) is 13.1 Å². The Bertz CT molecular complexity index is 359. The average molecular weight is 247 g/mol. The Morgan fingerprint density at radius 1 is 1.44 bits per heavy atom. The van der Waals surface area contributed by atoms with Crippen LogP contribution < -0.4 is 10.0 Å². The number of carbonyl (C=O) groups excluding carboxylic acids is 1. The predicted molar refractivity (Wildman–Crippen MR) is 59.9 cm³/mol. The quantitative estimate of drug-likeness (QED) is 0.647. The molecule has 0 bridgehead atoms. The van der Waals surface area contributed by atoms with Gasteiger partial charge in [-0.05, 0) is 12.8 Å². The van der Waals surface area contributed by atoms with Gasteiger partial charge in [-0.15, -0.1) is 0 Å². The Hall–Kier alpha value is -1.13. The third-order valence-electron chi connectivity index (χ3n) is 1.90. The number of hydrogen-bond acceptors (Lipinski definition) is 4. The van der Waals surface area contributed by atoms with Crippen LogP contribution in [0.25, 0.3) is 0 Å². The van der Waals surface area contributed by atoms with Gasteiger partial charge in [0, 0.05) is 6.54 Å². The number of rotatable bonds is 7. The molecule has 0 heterocycles. The lowest BCUT2D eigenvalue weighted by atomic mass is 10.4. The summed E-state index contributed by atoms with van der Waals surface area (Å²) in [7, 11) is -3.71. The molecule has 0 radical (unpaired) electrons. The highest BCUT2D eigenvalue weighted by Crippen LogP contribution is 2.01. The molecule has 0 aromatic rings. The van der Waals surface area contributed by atoms with E-state index in [0.29, 0.717) is 6.54 Å². The van der Waals surface area contributed by atoms with Crippen molar-refractivity contribution in [3.05, 3.63) is 0 Å². The molecule has 0 aliphatic carbocycles. The third-order valence-corrected chi connectivity index (χ3v) is 3.63. The van der Waals surface area contributed by atoms with Crippen molar-refractivity contribution < 1.29 is 13.2 Å². The highest BCUT2D eigenvalue weighted by atomic mass is 32.2. The topological polar surface area (TPSA) is 99.1 Å². The lowest BCUT2D eigenvalue weighted by Gasteiger charge is -2.09. The van der Waals surface area contributed by atoms with Gasteiger partial charge in [0.25, 0.3) is 0 Å². The maximum absolute atomic E-state index is 11.5. The predicted octanol–water partition coefficient (Wildman–Crippen LogP) is -0.266. The molecular weight excluding hydrogens is 230 g/mol. The third kappa shape index (κ3) is 5.09. The Morgan fingerprint density at radius 3 is 2.50 bits per heavy atom. The fourth-order valence-electron chi connectivity index (χ4n) is 0.974. The van der Waals surface area contributed by atoms with Crippen LogP contribution >= 0.6 is 0 Å². The number of nitrogens with zero attached hydrogens (tertiary/aromatic N) is 1. The van der Waals surface area contributed by atoms with Crippen LogP contribution in [0.5, 0.6) is 0 Å². The molecule has 92 valence electrons. The summed E-state index contributed by atoms with van der Waals surface area (Å²) in [5.74, 6) is -0.391. The molecular formula is C9H17N3O3S. The smallest absolute Gasteiger partial charge is 0.235 e. The molecule has 0 fully saturated rings. The van der Waals surface area contributed by atoms with E-state index in [2.05, 4.69) is 10.0 Å². The first-order chi connectivity index (χ1) is 7.47. The van der Waals surface area contributed by atoms with Crippen molar-refractivity contribution in [1.29, 1.82) is 5.26 Å². The van der Waals surface area contributed by atoms with E-state index in [1.807, 2.05) is 6.92 Å². The van der Waals surface area contributed by atoms with E-state index in [-0.39, 0.29) is 13.0 Å². The maximum atomic E-state index is 11.5. The van der Waals surface area contributed by atoms with E-state index in [9.17, 15) is 13.2 Å². The Kier molecular flexibility index (Phi) is 6.69. The van der Waals surface area contributed by atoms with Crippen molar-refractivity contribution >= 4 is 15.9 Å². The summed E-state index contributed by atoms with van der Waals surface area (Å²) in [6.07, 6.45) is 0.983. The first-order valence-corrected chi connectivity index (χ1v) is 6.67. The van der Waals surface area contributed by atoms with Crippen molar-refractivity contribution in [2.45, 2.75) is 31.9 Å². The molecule has 1 atom stereocenters. The van der Waals surface area contributed by atoms with Crippen molar-refractivity contribution in [3.8, 4) is 6.07 Å². The molecule has 0 aromatic carbocycles. The monoisotopic (exact) mass is 247 g/mol. The second kappa shape index (κ2) is 7.19. The van der Waals surface area contributed by atoms with Gasteiger partial charge in [0.05, 0.1) is 12.6 Å². The summed E-state index contributed by atoms with van der Waals surface area (Å²) in [5.41, 5.74) is 0. The van der Waals surface area contributed by atoms with E-state index in [1.165, 1.54) is 0 Å². The number of nitriles is 1. The summed E-state index contributed by atoms with van der Waals surface area (Å²) in [6, 6.07) is 1.68. The van der Waals surface area contributed by atoms with Crippen molar-refractivity contribution in [1.82, 2.24) is 10.0 Å². The average Bonchev–Trinajstić information content (AvgIpc) is 2.25. The fraction of sp³-hybridized carbons (Fsp3) is 0.778. The molecule has 7 heteroatoms. The summed E-state index contributed by atoms with van der Waals surface area (Å²) in [4.78, 5) is 11.1. The SMILES string of the molecule is CCCNC(=O)CNS(=O)(=O)C(C#N)CC. The van der Waals surface area contributed by atoms with Gasteiger partial charge < -0.3 is 5.32 Å². The van der Waals surface area contributed by atoms with Crippen LogP contribution in [0, 0.1) is 11.3 Å². The first kappa shape index (κ1) is 14.9. The lowest BCUT2D eigenvalue weighted by molar-refractivity contribution is -0.119. The molecule has 0 aliphatic heterocycles. The second-order valence-electron chi connectivity index (χ2n) is 3.24. The van der Waals surface area contributed by atoms with Crippen LogP contribution in [0.15, 0.2) is 0 Å². The number of nitrogens with one attached hydrogen (secondary N) is 2. The molecule has 16 heavy (non-hydrogen) atoms. The minimum atomic E-state index is -3.71. The van der Waals surface area contributed by atoms with Gasteiger partial charge in [-0.2, -0.15) is 5.26 Å². The summed E-state index contributed by atoms with van der Waals surface area (Å²) in [5, 5.41) is 10.0. The van der Waals surface area contributed by atoms with E-state index >= 15 is 0 Å². The van der Waals surface area contributed by atoms with Crippen LogP contribution in [0.3, 0.4) is 0 Å². The molecule has 1 amide bonds. The zero-order chi connectivity index (χ0) is 12.6. The number of hydrogen-bond donors (Lipinski definition) is 2. The van der Waals surface area contributed by atoms with Gasteiger partial charge in [0.2, 0.25) is 15.9 Å². The van der Waals surface area contributed by atoms with Gasteiger partial charge >= 0.3 is 0 Å². The Balaban J connectivity index is 4.20. The van der Waals surface area contributed by atoms with Crippen LogP contribution in [-0.2, 0) is 14.8 Å². The van der Waals surface area contributed by atoms with Crippen LogP contribution in [0.4, 0.5) is 0 Å². The van der Waals surface area contributed by atoms with Gasteiger partial charge in [-0.1, -0.05) is 13.8 Å². The number of amides is 1. The lowest BCUT2D eigenvalue weighted by Crippen LogP contribution is -2.40. The number of carbonyl (C=O) groups is 1. The maximum Gasteiger partial charge on any atom is 0.235 e. The summed E-state index contributed by atoms with van der Waals surface area (Å²) >= 11 is 0. The normalized spacial score (nSPS) is 12.8. The molecule has 0 rings (SSSR count). The largest absolute Gasteiger partial charge is 0.355 e. The van der Waals surface area contributed by atoms with Crippen LogP contribution in [0.2, 0.25) is 0 Å². The highest BCUT2D eigenvalue weighted by Gasteiger charge is 2.23. The molecule has 0 aliphatic rings. The minimum Gasteiger partial charge on any atom is -0.355 e. The Morgan fingerprint density at radius 2 is 2.06 bits per heavy atom. The molecule has 1 unspecified atom stereocenters. The van der Waals surface area contributed by atoms with Crippen molar-refractivity contribution in [2.75, 3.05) is 13.1 Å². The second-order valence-corrected chi connectivity index (χ2v) is 5.19. The van der Waals surface area contributed by atoms with Gasteiger partial charge in [0.15, 0.2) is 5.25 Å². The van der Waals surface area contributed by atoms with Gasteiger partial charge in [-0.3, -0.25) is 4.79 Å². The summed E-state index contributed by atoms with van der Waals surface area (Å²) in [6.45, 7) is 3.69. The van der Waals surface area contributed by atoms with Gasteiger partial charge in [0.1, 0.15) is 0 Å². The molecule has 2 N–H and O–H groups in total. The van der Waals surface area contributed by atoms with E-state index in [4.69, 9.17) is 5.26 Å². The molecule has 0 aromatic heterocycles. The van der Waals surface area contributed by atoms with Crippen LogP contribution in [-0.4, -0.2) is 32.7 Å². The zero-order valence-corrected chi connectivity index (χ0v) is 10.3. The minimum absolute atomic E-state index is 0.197. The highest BCUT2D eigenvalue weighted by molar-refractivity contribution is 7.90. The standard InChI is InChI=1S/C9H17N3O3S/c1-3-5-11-9(13)7-12-16(14,15)8(4-2)6-10/h8,12H,3-5,7H2,1-2H3,(H,11,13). The van der Waals surface area contributed by atoms with E-state index in [1.54, 1.807) is 13.0 Å². The number of sulfonamides is 1. The summed E-state index contributed by atoms with van der Waals surface area (Å²) < 4.78 is 25.0. The van der Waals surface area contributed by atoms with Crippen molar-refractivity contribution in [2.24, 2.45) is 0 Å². The molecule has 6 nitrogen and oxygen atoms in total. The van der Waals surface area contributed by atoms with Crippen molar-refractivity contribution in [3.63, 3.8) is 0 Å².